The van der Waals surface area contributed by atoms with Gasteiger partial charge in [0.15, 0.2) is 6.61 Å². The second-order valence-electron chi connectivity index (χ2n) is 6.30. The van der Waals surface area contributed by atoms with E-state index in [-0.39, 0.29) is 30.4 Å². The van der Waals surface area contributed by atoms with Crippen molar-refractivity contribution in [3.05, 3.63) is 35.4 Å². The first kappa shape index (κ1) is 15.1. The zero-order chi connectivity index (χ0) is 15.4. The van der Waals surface area contributed by atoms with Gasteiger partial charge in [-0.05, 0) is 43.2 Å². The molecule has 0 aromatic heterocycles. The van der Waals surface area contributed by atoms with Crippen LogP contribution in [0.1, 0.15) is 55.7 Å². The molecule has 0 bridgehead atoms. The zero-order valence-electron chi connectivity index (χ0n) is 12.8. The van der Waals surface area contributed by atoms with E-state index in [0.29, 0.717) is 0 Å². The number of aryl methyl sites for hydroxylation is 1. The Labute approximate surface area is 131 Å². The van der Waals surface area contributed by atoms with Gasteiger partial charge in [0.05, 0.1) is 12.0 Å². The number of benzene rings is 1. The maximum atomic E-state index is 12.1. The van der Waals surface area contributed by atoms with Gasteiger partial charge >= 0.3 is 5.97 Å². The van der Waals surface area contributed by atoms with Gasteiger partial charge < -0.3 is 10.1 Å². The Bertz CT molecular complexity index is 549. The fourth-order valence-corrected chi connectivity index (χ4v) is 3.56. The molecule has 1 saturated carbocycles. The fourth-order valence-electron chi connectivity index (χ4n) is 3.56. The number of fused-ring (bicyclic) bond motifs is 1. The molecule has 118 valence electrons. The minimum Gasteiger partial charge on any atom is -0.455 e. The highest BCUT2D eigenvalue weighted by atomic mass is 16.5. The average molecular weight is 301 g/mol. The topological polar surface area (TPSA) is 55.4 Å². The summed E-state index contributed by atoms with van der Waals surface area (Å²) in [6, 6.07) is 8.27. The predicted molar refractivity (Wildman–Crippen MR) is 83.2 cm³/mol. The zero-order valence-corrected chi connectivity index (χ0v) is 12.8. The lowest BCUT2D eigenvalue weighted by atomic mass is 9.88. The van der Waals surface area contributed by atoms with Crippen LogP contribution < -0.4 is 5.32 Å². The third-order valence-corrected chi connectivity index (χ3v) is 4.74. The highest BCUT2D eigenvalue weighted by Gasteiger charge is 2.25. The van der Waals surface area contributed by atoms with Crippen molar-refractivity contribution in [2.75, 3.05) is 6.61 Å². The van der Waals surface area contributed by atoms with E-state index in [1.54, 1.807) is 0 Å². The van der Waals surface area contributed by atoms with E-state index in [0.717, 1.165) is 44.9 Å². The lowest BCUT2D eigenvalue weighted by Crippen LogP contribution is -2.34. The quantitative estimate of drug-likeness (QED) is 0.870. The first-order chi connectivity index (χ1) is 10.7. The lowest BCUT2D eigenvalue weighted by Gasteiger charge is -2.26. The number of carbonyl (C=O) groups is 2. The number of hydrogen-bond acceptors (Lipinski definition) is 3. The molecule has 3 rings (SSSR count). The largest absolute Gasteiger partial charge is 0.455 e. The molecule has 1 N–H and O–H groups in total. The van der Waals surface area contributed by atoms with Crippen LogP contribution in [-0.2, 0) is 20.7 Å². The molecule has 1 aromatic rings. The summed E-state index contributed by atoms with van der Waals surface area (Å²) in [7, 11) is 0. The molecule has 2 aliphatic carbocycles. The van der Waals surface area contributed by atoms with E-state index in [1.807, 2.05) is 12.1 Å². The van der Waals surface area contributed by atoms with Crippen LogP contribution >= 0.6 is 0 Å². The van der Waals surface area contributed by atoms with Gasteiger partial charge in [-0.2, -0.15) is 0 Å². The third-order valence-electron chi connectivity index (χ3n) is 4.74. The number of hydrogen-bond donors (Lipinski definition) is 1. The summed E-state index contributed by atoms with van der Waals surface area (Å²) >= 11 is 0. The highest BCUT2D eigenvalue weighted by Crippen LogP contribution is 2.29. The smallest absolute Gasteiger partial charge is 0.309 e. The molecule has 1 atom stereocenters. The minimum atomic E-state index is -0.211. The van der Waals surface area contributed by atoms with Gasteiger partial charge in [-0.25, -0.2) is 0 Å². The standard InChI is InChI=1S/C18H23NO3/c20-17(12-22-18(21)14-7-1-2-8-14)19-16-11-5-9-13-6-3-4-10-15(13)16/h3-4,6,10,14,16H,1-2,5,7-9,11-12H2,(H,19,20)/t16-/m1/s1. The molecule has 0 unspecified atom stereocenters. The van der Waals surface area contributed by atoms with Crippen molar-refractivity contribution < 1.29 is 14.3 Å². The van der Waals surface area contributed by atoms with Gasteiger partial charge in [-0.1, -0.05) is 37.1 Å². The van der Waals surface area contributed by atoms with Crippen LogP contribution in [0.25, 0.3) is 0 Å². The Kier molecular flexibility index (Phi) is 4.76. The fraction of sp³-hybridized carbons (Fsp3) is 0.556. The van der Waals surface area contributed by atoms with Gasteiger partial charge in [0.1, 0.15) is 0 Å². The molecule has 22 heavy (non-hydrogen) atoms. The summed E-state index contributed by atoms with van der Waals surface area (Å²) < 4.78 is 5.17. The first-order valence-corrected chi connectivity index (χ1v) is 8.28. The van der Waals surface area contributed by atoms with E-state index in [4.69, 9.17) is 4.74 Å². The molecular formula is C18H23NO3. The normalized spacial score (nSPS) is 21.2. The second kappa shape index (κ2) is 6.95. The first-order valence-electron chi connectivity index (χ1n) is 8.28. The van der Waals surface area contributed by atoms with Crippen LogP contribution in [0.5, 0.6) is 0 Å². The Balaban J connectivity index is 1.51. The number of nitrogens with one attached hydrogen (secondary N) is 1. The molecule has 1 amide bonds. The van der Waals surface area contributed by atoms with Gasteiger partial charge in [0.2, 0.25) is 0 Å². The Morgan fingerprint density at radius 1 is 1.09 bits per heavy atom. The Morgan fingerprint density at radius 3 is 2.68 bits per heavy atom. The molecule has 0 saturated heterocycles. The maximum Gasteiger partial charge on any atom is 0.309 e. The summed E-state index contributed by atoms with van der Waals surface area (Å²) in [6.45, 7) is -0.159. The van der Waals surface area contributed by atoms with E-state index >= 15 is 0 Å². The van der Waals surface area contributed by atoms with E-state index in [9.17, 15) is 9.59 Å². The molecule has 1 aromatic carbocycles. The molecule has 4 heteroatoms. The summed E-state index contributed by atoms with van der Waals surface area (Å²) in [5, 5.41) is 3.00. The summed E-state index contributed by atoms with van der Waals surface area (Å²) in [5.41, 5.74) is 2.51. The van der Waals surface area contributed by atoms with Crippen LogP contribution in [0.15, 0.2) is 24.3 Å². The third kappa shape index (κ3) is 3.49. The van der Waals surface area contributed by atoms with Crippen molar-refractivity contribution >= 4 is 11.9 Å². The van der Waals surface area contributed by atoms with Crippen LogP contribution in [0.3, 0.4) is 0 Å². The molecule has 0 heterocycles. The van der Waals surface area contributed by atoms with Crippen LogP contribution in [0.4, 0.5) is 0 Å². The van der Waals surface area contributed by atoms with Crippen molar-refractivity contribution in [1.29, 1.82) is 0 Å². The van der Waals surface area contributed by atoms with Gasteiger partial charge in [-0.15, -0.1) is 0 Å². The number of rotatable bonds is 4. The summed E-state index contributed by atoms with van der Waals surface area (Å²) in [6.07, 6.45) is 7.06. The number of esters is 1. The van der Waals surface area contributed by atoms with Crippen molar-refractivity contribution in [3.63, 3.8) is 0 Å². The van der Waals surface area contributed by atoms with Crippen LogP contribution in [0.2, 0.25) is 0 Å². The number of carbonyl (C=O) groups excluding carboxylic acids is 2. The predicted octanol–water partition coefficient (Wildman–Crippen LogP) is 2.91. The lowest BCUT2D eigenvalue weighted by molar-refractivity contribution is -0.152. The van der Waals surface area contributed by atoms with Crippen molar-refractivity contribution in [3.8, 4) is 0 Å². The Morgan fingerprint density at radius 2 is 1.86 bits per heavy atom. The highest BCUT2D eigenvalue weighted by molar-refractivity contribution is 5.81. The molecular weight excluding hydrogens is 278 g/mol. The van der Waals surface area contributed by atoms with E-state index < -0.39 is 0 Å². The molecule has 4 nitrogen and oxygen atoms in total. The monoisotopic (exact) mass is 301 g/mol. The summed E-state index contributed by atoms with van der Waals surface area (Å²) in [4.78, 5) is 23.9. The molecule has 0 aliphatic heterocycles. The summed E-state index contributed by atoms with van der Waals surface area (Å²) in [5.74, 6) is -0.409. The average Bonchev–Trinajstić information content (AvgIpc) is 3.07. The van der Waals surface area contributed by atoms with Gasteiger partial charge in [0, 0.05) is 0 Å². The maximum absolute atomic E-state index is 12.1. The van der Waals surface area contributed by atoms with Crippen molar-refractivity contribution in [1.82, 2.24) is 5.32 Å². The van der Waals surface area contributed by atoms with Gasteiger partial charge in [0.25, 0.3) is 5.91 Å². The van der Waals surface area contributed by atoms with E-state index in [2.05, 4.69) is 17.4 Å². The number of amides is 1. The molecule has 0 spiro atoms. The van der Waals surface area contributed by atoms with Crippen molar-refractivity contribution in [2.45, 2.75) is 51.0 Å². The number of ether oxygens (including phenoxy) is 1. The van der Waals surface area contributed by atoms with Crippen LogP contribution in [-0.4, -0.2) is 18.5 Å². The second-order valence-corrected chi connectivity index (χ2v) is 6.30. The SMILES string of the molecule is O=C(COC(=O)C1CCCC1)N[C@@H]1CCCc2ccccc21. The Hall–Kier alpha value is -1.84. The van der Waals surface area contributed by atoms with E-state index in [1.165, 1.54) is 11.1 Å². The van der Waals surface area contributed by atoms with Crippen molar-refractivity contribution in [2.24, 2.45) is 5.92 Å². The van der Waals surface area contributed by atoms with Crippen LogP contribution in [0, 0.1) is 5.92 Å². The molecule has 0 radical (unpaired) electrons. The van der Waals surface area contributed by atoms with Gasteiger partial charge in [-0.3, -0.25) is 9.59 Å². The minimum absolute atomic E-state index is 0.00297. The molecule has 1 fully saturated rings. The molecule has 2 aliphatic rings.